The first-order chi connectivity index (χ1) is 9.41. The highest BCUT2D eigenvalue weighted by Crippen LogP contribution is 2.32. The number of hydrogen-bond acceptors (Lipinski definition) is 3. The normalized spacial score (nSPS) is 23.5. The Morgan fingerprint density at radius 3 is 2.80 bits per heavy atom. The molecule has 110 valence electrons. The van der Waals surface area contributed by atoms with E-state index in [1.165, 1.54) is 12.5 Å². The van der Waals surface area contributed by atoms with Crippen LogP contribution in [0.5, 0.6) is 0 Å². The van der Waals surface area contributed by atoms with Crippen molar-refractivity contribution in [2.45, 2.75) is 39.7 Å². The molecular weight excluding hydrogens is 254 g/mol. The fraction of sp³-hybridized carbons (Fsp3) is 0.600. The van der Waals surface area contributed by atoms with Gasteiger partial charge in [-0.2, -0.15) is 5.10 Å². The maximum absolute atomic E-state index is 10.8. The number of carbonyl (C=O) groups is 1. The first-order valence-corrected chi connectivity index (χ1v) is 7.13. The van der Waals surface area contributed by atoms with Gasteiger partial charge in [0.25, 0.3) is 0 Å². The van der Waals surface area contributed by atoms with Crippen LogP contribution in [0.2, 0.25) is 0 Å². The van der Waals surface area contributed by atoms with Crippen molar-refractivity contribution in [3.8, 4) is 0 Å². The zero-order valence-corrected chi connectivity index (χ0v) is 12.6. The SMILES string of the molecule is Cc1nn(C)c(N2CCCC(C)C2C)c1C=CC(=O)O. The number of hydrogen-bond donors (Lipinski definition) is 1. The Balaban J connectivity index is 2.42. The third-order valence-electron chi connectivity index (χ3n) is 4.28. The minimum Gasteiger partial charge on any atom is -0.478 e. The molecule has 2 atom stereocenters. The van der Waals surface area contributed by atoms with Crippen molar-refractivity contribution >= 4 is 17.9 Å². The zero-order valence-electron chi connectivity index (χ0n) is 12.6. The molecule has 1 saturated heterocycles. The van der Waals surface area contributed by atoms with Gasteiger partial charge >= 0.3 is 5.97 Å². The Morgan fingerprint density at radius 2 is 2.15 bits per heavy atom. The molecule has 1 N–H and O–H groups in total. The summed E-state index contributed by atoms with van der Waals surface area (Å²) < 4.78 is 1.87. The largest absolute Gasteiger partial charge is 0.478 e. The van der Waals surface area contributed by atoms with E-state index in [-0.39, 0.29) is 0 Å². The van der Waals surface area contributed by atoms with E-state index in [1.807, 2.05) is 18.7 Å². The molecule has 0 bridgehead atoms. The van der Waals surface area contributed by atoms with Crippen LogP contribution in [0.1, 0.15) is 37.9 Å². The van der Waals surface area contributed by atoms with Gasteiger partial charge in [-0.15, -0.1) is 0 Å². The standard InChI is InChI=1S/C15H23N3O2/c1-10-6-5-9-18(12(10)3)15-13(7-8-14(19)20)11(2)16-17(15)4/h7-8,10,12H,5-6,9H2,1-4H3,(H,19,20). The Labute approximate surface area is 119 Å². The van der Waals surface area contributed by atoms with Crippen LogP contribution in [0.25, 0.3) is 6.08 Å². The Bertz CT molecular complexity index is 533. The first-order valence-electron chi connectivity index (χ1n) is 7.13. The topological polar surface area (TPSA) is 58.4 Å². The molecular formula is C15H23N3O2. The highest BCUT2D eigenvalue weighted by Gasteiger charge is 2.28. The van der Waals surface area contributed by atoms with Gasteiger partial charge in [0, 0.05) is 31.3 Å². The average Bonchev–Trinajstić information content (AvgIpc) is 2.65. The van der Waals surface area contributed by atoms with E-state index in [0.29, 0.717) is 12.0 Å². The van der Waals surface area contributed by atoms with Gasteiger partial charge in [-0.25, -0.2) is 4.79 Å². The molecule has 0 aromatic carbocycles. The van der Waals surface area contributed by atoms with Gasteiger partial charge < -0.3 is 10.0 Å². The number of carboxylic acids is 1. The Morgan fingerprint density at radius 1 is 1.45 bits per heavy atom. The number of nitrogens with zero attached hydrogens (tertiary/aromatic N) is 3. The number of carboxylic acid groups (broad SMARTS) is 1. The van der Waals surface area contributed by atoms with Crippen molar-refractivity contribution in [2.75, 3.05) is 11.4 Å². The summed E-state index contributed by atoms with van der Waals surface area (Å²) in [5.74, 6) is 0.730. The minimum absolute atomic E-state index is 0.440. The second-order valence-corrected chi connectivity index (χ2v) is 5.67. The predicted molar refractivity (Wildman–Crippen MR) is 79.8 cm³/mol. The van der Waals surface area contributed by atoms with Gasteiger partial charge in [0.05, 0.1) is 5.69 Å². The fourth-order valence-electron chi connectivity index (χ4n) is 2.99. The summed E-state index contributed by atoms with van der Waals surface area (Å²) in [5, 5.41) is 13.3. The molecule has 1 aliphatic heterocycles. The predicted octanol–water partition coefficient (Wildman–Crippen LogP) is 2.45. The van der Waals surface area contributed by atoms with E-state index in [4.69, 9.17) is 5.11 Å². The Hall–Kier alpha value is -1.78. The van der Waals surface area contributed by atoms with Crippen LogP contribution in [0.15, 0.2) is 6.08 Å². The zero-order chi connectivity index (χ0) is 14.9. The van der Waals surface area contributed by atoms with E-state index in [2.05, 4.69) is 23.8 Å². The van der Waals surface area contributed by atoms with Crippen LogP contribution >= 0.6 is 0 Å². The molecule has 5 heteroatoms. The molecule has 20 heavy (non-hydrogen) atoms. The summed E-state index contributed by atoms with van der Waals surface area (Å²) in [5.41, 5.74) is 1.78. The van der Waals surface area contributed by atoms with E-state index in [9.17, 15) is 4.79 Å². The van der Waals surface area contributed by atoms with Gasteiger partial charge in [0.2, 0.25) is 0 Å². The van der Waals surface area contributed by atoms with Crippen molar-refractivity contribution in [1.29, 1.82) is 0 Å². The molecule has 0 amide bonds. The summed E-state index contributed by atoms with van der Waals surface area (Å²) in [4.78, 5) is 13.1. The maximum Gasteiger partial charge on any atom is 0.328 e. The highest BCUT2D eigenvalue weighted by molar-refractivity contribution is 5.87. The lowest BCUT2D eigenvalue weighted by atomic mass is 9.92. The third kappa shape index (κ3) is 2.71. The van der Waals surface area contributed by atoms with Gasteiger partial charge in [0.15, 0.2) is 0 Å². The lowest BCUT2D eigenvalue weighted by Crippen LogP contribution is -2.43. The molecule has 2 heterocycles. The summed E-state index contributed by atoms with van der Waals surface area (Å²) in [6.07, 6.45) is 5.25. The lowest BCUT2D eigenvalue weighted by molar-refractivity contribution is -0.131. The smallest absolute Gasteiger partial charge is 0.328 e. The number of piperidine rings is 1. The van der Waals surface area contributed by atoms with Gasteiger partial charge in [-0.05, 0) is 38.7 Å². The van der Waals surface area contributed by atoms with Crippen molar-refractivity contribution in [2.24, 2.45) is 13.0 Å². The highest BCUT2D eigenvalue weighted by atomic mass is 16.4. The number of aliphatic carboxylic acids is 1. The fourth-order valence-corrected chi connectivity index (χ4v) is 2.99. The lowest BCUT2D eigenvalue weighted by Gasteiger charge is -2.39. The van der Waals surface area contributed by atoms with E-state index in [0.717, 1.165) is 30.0 Å². The summed E-state index contributed by atoms with van der Waals surface area (Å²) >= 11 is 0. The molecule has 1 aromatic heterocycles. The number of aromatic nitrogens is 2. The molecule has 1 aromatic rings. The van der Waals surface area contributed by atoms with Crippen molar-refractivity contribution in [3.05, 3.63) is 17.3 Å². The monoisotopic (exact) mass is 277 g/mol. The number of rotatable bonds is 3. The van der Waals surface area contributed by atoms with Crippen LogP contribution in [0.3, 0.4) is 0 Å². The third-order valence-corrected chi connectivity index (χ3v) is 4.28. The molecule has 0 spiro atoms. The van der Waals surface area contributed by atoms with Crippen LogP contribution in [-0.4, -0.2) is 33.4 Å². The second kappa shape index (κ2) is 5.69. The molecule has 0 radical (unpaired) electrons. The van der Waals surface area contributed by atoms with Crippen molar-refractivity contribution in [3.63, 3.8) is 0 Å². The van der Waals surface area contributed by atoms with Crippen molar-refractivity contribution in [1.82, 2.24) is 9.78 Å². The first kappa shape index (κ1) is 14.6. The maximum atomic E-state index is 10.8. The molecule has 1 fully saturated rings. The summed E-state index contributed by atoms with van der Waals surface area (Å²) in [6, 6.07) is 0.440. The second-order valence-electron chi connectivity index (χ2n) is 5.67. The van der Waals surface area contributed by atoms with Gasteiger partial charge in [-0.3, -0.25) is 4.68 Å². The average molecular weight is 277 g/mol. The van der Waals surface area contributed by atoms with Crippen molar-refractivity contribution < 1.29 is 9.90 Å². The van der Waals surface area contributed by atoms with Gasteiger partial charge in [-0.1, -0.05) is 6.92 Å². The Kier molecular flexibility index (Phi) is 4.16. The molecule has 0 aliphatic carbocycles. The molecule has 0 saturated carbocycles. The van der Waals surface area contributed by atoms with E-state index >= 15 is 0 Å². The van der Waals surface area contributed by atoms with E-state index in [1.54, 1.807) is 6.08 Å². The van der Waals surface area contributed by atoms with Crippen LogP contribution < -0.4 is 4.90 Å². The molecule has 2 rings (SSSR count). The van der Waals surface area contributed by atoms with Gasteiger partial charge in [0.1, 0.15) is 5.82 Å². The quantitative estimate of drug-likeness (QED) is 0.862. The summed E-state index contributed by atoms with van der Waals surface area (Å²) in [7, 11) is 1.92. The minimum atomic E-state index is -0.931. The molecule has 5 nitrogen and oxygen atoms in total. The molecule has 2 unspecified atom stereocenters. The van der Waals surface area contributed by atoms with Crippen LogP contribution in [-0.2, 0) is 11.8 Å². The van der Waals surface area contributed by atoms with Crippen LogP contribution in [0.4, 0.5) is 5.82 Å². The number of anilines is 1. The molecule has 1 aliphatic rings. The van der Waals surface area contributed by atoms with Crippen LogP contribution in [0, 0.1) is 12.8 Å². The summed E-state index contributed by atoms with van der Waals surface area (Å²) in [6.45, 7) is 7.42. The number of aryl methyl sites for hydroxylation is 2. The van der Waals surface area contributed by atoms with E-state index < -0.39 is 5.97 Å².